The number of ether oxygens (including phenoxy) is 2. The van der Waals surface area contributed by atoms with E-state index in [1.54, 1.807) is 4.90 Å². The quantitative estimate of drug-likeness (QED) is 0.864. The van der Waals surface area contributed by atoms with Crippen LogP contribution < -0.4 is 9.47 Å². The molecule has 0 aromatic heterocycles. The van der Waals surface area contributed by atoms with Crippen molar-refractivity contribution >= 4 is 11.9 Å². The SMILES string of the molecule is O=C(O)[C@@H]1CN(C(=O)C2CC2c2ccc3c(c2)OCCO3)C[C@@H]1c1ccccc1. The van der Waals surface area contributed by atoms with E-state index in [1.807, 2.05) is 48.5 Å². The maximum atomic E-state index is 13.1. The van der Waals surface area contributed by atoms with E-state index in [1.165, 1.54) is 0 Å². The molecule has 5 rings (SSSR count). The van der Waals surface area contributed by atoms with Crippen molar-refractivity contribution in [1.82, 2.24) is 4.90 Å². The molecule has 0 bridgehead atoms. The van der Waals surface area contributed by atoms with Crippen LogP contribution in [0.5, 0.6) is 11.5 Å². The van der Waals surface area contributed by atoms with Crippen LogP contribution in [-0.4, -0.2) is 48.2 Å². The maximum absolute atomic E-state index is 13.1. The highest BCUT2D eigenvalue weighted by Gasteiger charge is 2.49. The van der Waals surface area contributed by atoms with E-state index in [4.69, 9.17) is 9.47 Å². The fraction of sp³-hybridized carbons (Fsp3) is 0.391. The molecule has 2 unspecified atom stereocenters. The third-order valence-corrected chi connectivity index (χ3v) is 6.28. The van der Waals surface area contributed by atoms with Crippen LogP contribution in [0.3, 0.4) is 0 Å². The predicted octanol–water partition coefficient (Wildman–Crippen LogP) is 2.89. The smallest absolute Gasteiger partial charge is 0.308 e. The van der Waals surface area contributed by atoms with E-state index in [-0.39, 0.29) is 30.2 Å². The van der Waals surface area contributed by atoms with E-state index in [0.29, 0.717) is 19.8 Å². The fourth-order valence-electron chi connectivity index (χ4n) is 4.63. The van der Waals surface area contributed by atoms with Gasteiger partial charge in [-0.3, -0.25) is 9.59 Å². The van der Waals surface area contributed by atoms with Crippen LogP contribution in [0.2, 0.25) is 0 Å². The Morgan fingerprint density at radius 2 is 1.62 bits per heavy atom. The van der Waals surface area contributed by atoms with Crippen LogP contribution >= 0.6 is 0 Å². The Kier molecular flexibility index (Phi) is 4.42. The number of carbonyl (C=O) groups is 2. The first kappa shape index (κ1) is 18.0. The van der Waals surface area contributed by atoms with Crippen LogP contribution in [-0.2, 0) is 9.59 Å². The Labute approximate surface area is 169 Å². The van der Waals surface area contributed by atoms with Crippen LogP contribution in [0.15, 0.2) is 48.5 Å². The number of likely N-dealkylation sites (tertiary alicyclic amines) is 1. The van der Waals surface area contributed by atoms with Crippen LogP contribution in [0.1, 0.15) is 29.4 Å². The number of carboxylic acid groups (broad SMARTS) is 1. The van der Waals surface area contributed by atoms with Gasteiger partial charge in [-0.15, -0.1) is 0 Å². The number of aliphatic carboxylic acids is 1. The van der Waals surface area contributed by atoms with Crippen molar-refractivity contribution in [1.29, 1.82) is 0 Å². The molecule has 1 saturated carbocycles. The number of carbonyl (C=O) groups excluding carboxylic acids is 1. The molecule has 2 aromatic carbocycles. The minimum atomic E-state index is -0.840. The summed E-state index contributed by atoms with van der Waals surface area (Å²) in [5.74, 6) is 0.0694. The van der Waals surface area contributed by atoms with Crippen molar-refractivity contribution < 1.29 is 24.2 Å². The van der Waals surface area contributed by atoms with Crippen molar-refractivity contribution in [3.63, 3.8) is 0 Å². The summed E-state index contributed by atoms with van der Waals surface area (Å²) in [5.41, 5.74) is 2.07. The van der Waals surface area contributed by atoms with Crippen LogP contribution in [0.25, 0.3) is 0 Å². The van der Waals surface area contributed by atoms with Crippen molar-refractivity contribution in [2.24, 2.45) is 11.8 Å². The van der Waals surface area contributed by atoms with Gasteiger partial charge in [0.1, 0.15) is 13.2 Å². The second kappa shape index (κ2) is 7.10. The summed E-state index contributed by atoms with van der Waals surface area (Å²) in [5, 5.41) is 9.68. The number of fused-ring (bicyclic) bond motifs is 1. The Morgan fingerprint density at radius 3 is 2.38 bits per heavy atom. The largest absolute Gasteiger partial charge is 0.486 e. The van der Waals surface area contributed by atoms with E-state index >= 15 is 0 Å². The van der Waals surface area contributed by atoms with E-state index in [0.717, 1.165) is 29.0 Å². The van der Waals surface area contributed by atoms with Gasteiger partial charge < -0.3 is 19.5 Å². The summed E-state index contributed by atoms with van der Waals surface area (Å²) >= 11 is 0. The Hall–Kier alpha value is -3.02. The summed E-state index contributed by atoms with van der Waals surface area (Å²) in [6.45, 7) is 1.83. The minimum Gasteiger partial charge on any atom is -0.486 e. The first-order chi connectivity index (χ1) is 14.1. The Bertz CT molecular complexity index is 944. The molecule has 2 aromatic rings. The number of benzene rings is 2. The lowest BCUT2D eigenvalue weighted by Gasteiger charge is -2.19. The normalized spacial score (nSPS) is 27.5. The van der Waals surface area contributed by atoms with Gasteiger partial charge in [-0.2, -0.15) is 0 Å². The topological polar surface area (TPSA) is 76.1 Å². The zero-order valence-corrected chi connectivity index (χ0v) is 16.0. The minimum absolute atomic E-state index is 0.0644. The summed E-state index contributed by atoms with van der Waals surface area (Å²) in [6, 6.07) is 15.5. The molecule has 6 nitrogen and oxygen atoms in total. The monoisotopic (exact) mass is 393 g/mol. The van der Waals surface area contributed by atoms with Gasteiger partial charge in [-0.05, 0) is 35.6 Å². The van der Waals surface area contributed by atoms with Gasteiger partial charge in [0.05, 0.1) is 5.92 Å². The molecule has 6 heteroatoms. The molecule has 4 atom stereocenters. The third kappa shape index (κ3) is 3.33. The molecule has 1 saturated heterocycles. The van der Waals surface area contributed by atoms with Gasteiger partial charge in [0.15, 0.2) is 11.5 Å². The van der Waals surface area contributed by atoms with E-state index in [2.05, 4.69) is 0 Å². The highest BCUT2D eigenvalue weighted by molar-refractivity contribution is 5.85. The summed E-state index contributed by atoms with van der Waals surface area (Å²) in [7, 11) is 0. The first-order valence-electron chi connectivity index (χ1n) is 10.1. The maximum Gasteiger partial charge on any atom is 0.308 e. The number of hydrogen-bond donors (Lipinski definition) is 1. The molecule has 0 spiro atoms. The fourth-order valence-corrected chi connectivity index (χ4v) is 4.63. The van der Waals surface area contributed by atoms with Gasteiger partial charge >= 0.3 is 5.97 Å². The zero-order chi connectivity index (χ0) is 20.0. The third-order valence-electron chi connectivity index (χ3n) is 6.28. The van der Waals surface area contributed by atoms with Gasteiger partial charge in [-0.25, -0.2) is 0 Å². The van der Waals surface area contributed by atoms with Crippen LogP contribution in [0, 0.1) is 11.8 Å². The molecular weight excluding hydrogens is 370 g/mol. The Balaban J connectivity index is 1.30. The first-order valence-corrected chi connectivity index (χ1v) is 10.1. The lowest BCUT2D eigenvalue weighted by molar-refractivity contribution is -0.142. The standard InChI is InChI=1S/C23H23NO5/c25-22(17-11-16(17)15-6-7-20-21(10-15)29-9-8-28-20)24-12-18(19(13-24)23(26)27)14-4-2-1-3-5-14/h1-7,10,16-19H,8-9,11-13H2,(H,26,27)/t16?,17?,18-,19-/m1/s1. The Morgan fingerprint density at radius 1 is 0.862 bits per heavy atom. The highest BCUT2D eigenvalue weighted by Crippen LogP contribution is 2.51. The van der Waals surface area contributed by atoms with E-state index in [9.17, 15) is 14.7 Å². The number of rotatable bonds is 4. The van der Waals surface area contributed by atoms with Gasteiger partial charge in [0.2, 0.25) is 5.91 Å². The van der Waals surface area contributed by atoms with Crippen LogP contribution in [0.4, 0.5) is 0 Å². The summed E-state index contributed by atoms with van der Waals surface area (Å²) in [6.07, 6.45) is 0.794. The van der Waals surface area contributed by atoms with Gasteiger partial charge in [-0.1, -0.05) is 36.4 Å². The number of nitrogens with zero attached hydrogens (tertiary/aromatic N) is 1. The molecule has 150 valence electrons. The summed E-state index contributed by atoms with van der Waals surface area (Å²) < 4.78 is 11.2. The van der Waals surface area contributed by atoms with Gasteiger partial charge in [0.25, 0.3) is 0 Å². The van der Waals surface area contributed by atoms with Gasteiger partial charge in [0, 0.05) is 24.9 Å². The zero-order valence-electron chi connectivity index (χ0n) is 16.0. The number of hydrogen-bond acceptors (Lipinski definition) is 4. The molecule has 3 aliphatic rings. The molecule has 1 amide bonds. The number of carboxylic acids is 1. The van der Waals surface area contributed by atoms with E-state index < -0.39 is 11.9 Å². The van der Waals surface area contributed by atoms with Crippen molar-refractivity contribution in [2.45, 2.75) is 18.3 Å². The molecule has 2 aliphatic heterocycles. The predicted molar refractivity (Wildman–Crippen MR) is 105 cm³/mol. The van der Waals surface area contributed by atoms with Crippen molar-refractivity contribution in [2.75, 3.05) is 26.3 Å². The lowest BCUT2D eigenvalue weighted by Crippen LogP contribution is -2.31. The molecule has 0 radical (unpaired) electrons. The molecule has 2 fully saturated rings. The second-order valence-corrected chi connectivity index (χ2v) is 8.06. The number of amides is 1. The second-order valence-electron chi connectivity index (χ2n) is 8.06. The molecule has 1 N–H and O–H groups in total. The summed E-state index contributed by atoms with van der Waals surface area (Å²) in [4.78, 5) is 26.6. The molecule has 2 heterocycles. The average molecular weight is 393 g/mol. The lowest BCUT2D eigenvalue weighted by atomic mass is 9.89. The highest BCUT2D eigenvalue weighted by atomic mass is 16.6. The van der Waals surface area contributed by atoms with Crippen molar-refractivity contribution in [3.05, 3.63) is 59.7 Å². The molecular formula is C23H23NO5. The van der Waals surface area contributed by atoms with Crippen molar-refractivity contribution in [3.8, 4) is 11.5 Å². The average Bonchev–Trinajstić information content (AvgIpc) is 3.43. The molecule has 29 heavy (non-hydrogen) atoms. The molecule has 1 aliphatic carbocycles.